The number of carbonyl (C=O) groups is 1. The number of nitrogens with one attached hydrogen (secondary N) is 1. The van der Waals surface area contributed by atoms with Crippen LogP contribution in [0.1, 0.15) is 36.5 Å². The molecule has 1 saturated heterocycles. The Morgan fingerprint density at radius 2 is 2.06 bits per heavy atom. The number of aromatic nitrogens is 3. The standard InChI is InChI=1S/C22H26F3N7O2/c1-21(2,34)15-6-7-32(11-15)19-8-18(28-13-29-19)31-20(33)17-5-3-4-16(30-17)14(9-26)10-27-12-22(23,24)25/h3-5,8-10,13,15,34H,6-7,11-12,26H2,1-2H3,(H,28,29,31,33)/b14-9+,27-10?. The highest BCUT2D eigenvalue weighted by atomic mass is 19.4. The number of carbonyl (C=O) groups excluding carboxylic acids is 1. The molecule has 34 heavy (non-hydrogen) atoms. The number of allylic oxidation sites excluding steroid dienone is 1. The summed E-state index contributed by atoms with van der Waals surface area (Å²) in [6, 6.07) is 6.12. The number of hydrogen-bond acceptors (Lipinski definition) is 8. The third kappa shape index (κ3) is 6.73. The second-order valence-electron chi connectivity index (χ2n) is 8.42. The average Bonchev–Trinajstić information content (AvgIpc) is 3.27. The molecule has 0 aliphatic carbocycles. The molecule has 4 N–H and O–H groups in total. The molecule has 12 heteroatoms. The molecule has 1 aliphatic heterocycles. The van der Waals surface area contributed by atoms with Gasteiger partial charge >= 0.3 is 6.18 Å². The first kappa shape index (κ1) is 25.1. The molecule has 0 radical (unpaired) electrons. The van der Waals surface area contributed by atoms with Crippen LogP contribution in [-0.4, -0.2) is 63.6 Å². The first-order chi connectivity index (χ1) is 16.0. The Hall–Kier alpha value is -3.54. The van der Waals surface area contributed by atoms with Crippen LogP contribution in [0.15, 0.2) is 41.8 Å². The SMILES string of the molecule is CC(C)(O)C1CCN(c2cc(NC(=O)c3cccc(/C(C=NCC(F)(F)F)=C/N)n3)ncn2)C1. The third-order valence-electron chi connectivity index (χ3n) is 5.36. The van der Waals surface area contributed by atoms with Crippen molar-refractivity contribution in [3.8, 4) is 0 Å². The number of aliphatic hydroxyl groups is 1. The zero-order chi connectivity index (χ0) is 24.9. The lowest BCUT2D eigenvalue weighted by molar-refractivity contribution is -0.118. The van der Waals surface area contributed by atoms with Gasteiger partial charge in [-0.2, -0.15) is 13.2 Å². The summed E-state index contributed by atoms with van der Waals surface area (Å²) in [5, 5.41) is 12.9. The molecule has 1 fully saturated rings. The maximum atomic E-state index is 12.7. The number of hydrogen-bond donors (Lipinski definition) is 3. The predicted octanol–water partition coefficient (Wildman–Crippen LogP) is 2.65. The molecule has 3 heterocycles. The van der Waals surface area contributed by atoms with Crippen LogP contribution in [0, 0.1) is 5.92 Å². The van der Waals surface area contributed by atoms with Crippen LogP contribution < -0.4 is 16.0 Å². The van der Waals surface area contributed by atoms with Crippen LogP contribution in [0.5, 0.6) is 0 Å². The monoisotopic (exact) mass is 477 g/mol. The first-order valence-electron chi connectivity index (χ1n) is 10.5. The summed E-state index contributed by atoms with van der Waals surface area (Å²) >= 11 is 0. The number of halogens is 3. The van der Waals surface area contributed by atoms with E-state index >= 15 is 0 Å². The number of rotatable bonds is 7. The Morgan fingerprint density at radius 3 is 2.71 bits per heavy atom. The van der Waals surface area contributed by atoms with Crippen LogP contribution in [0.25, 0.3) is 5.57 Å². The van der Waals surface area contributed by atoms with E-state index in [1.807, 2.05) is 4.90 Å². The van der Waals surface area contributed by atoms with E-state index in [0.717, 1.165) is 18.8 Å². The molecule has 2 aromatic heterocycles. The smallest absolute Gasteiger partial charge is 0.404 e. The van der Waals surface area contributed by atoms with Gasteiger partial charge in [-0.15, -0.1) is 0 Å². The fourth-order valence-electron chi connectivity index (χ4n) is 3.48. The minimum atomic E-state index is -4.44. The van der Waals surface area contributed by atoms with Gasteiger partial charge in [0.25, 0.3) is 5.91 Å². The summed E-state index contributed by atoms with van der Waals surface area (Å²) in [5.41, 5.74) is 5.05. The molecule has 1 unspecified atom stereocenters. The molecule has 3 rings (SSSR count). The molecule has 182 valence electrons. The quantitative estimate of drug-likeness (QED) is 0.523. The van der Waals surface area contributed by atoms with Crippen molar-refractivity contribution in [1.29, 1.82) is 0 Å². The Labute approximate surface area is 194 Å². The van der Waals surface area contributed by atoms with Gasteiger partial charge in [0.15, 0.2) is 0 Å². The zero-order valence-corrected chi connectivity index (χ0v) is 18.8. The predicted molar refractivity (Wildman–Crippen MR) is 122 cm³/mol. The highest BCUT2D eigenvalue weighted by molar-refractivity contribution is 6.09. The van der Waals surface area contributed by atoms with Crippen molar-refractivity contribution in [3.63, 3.8) is 0 Å². The molecule has 0 bridgehead atoms. The summed E-state index contributed by atoms with van der Waals surface area (Å²) < 4.78 is 37.0. The molecule has 9 nitrogen and oxygen atoms in total. The second-order valence-corrected chi connectivity index (χ2v) is 8.42. The topological polar surface area (TPSA) is 130 Å². The molecule has 1 amide bonds. The van der Waals surface area contributed by atoms with Crippen LogP contribution >= 0.6 is 0 Å². The number of nitrogens with two attached hydrogens (primary N) is 1. The normalized spacial score (nSPS) is 17.4. The molecule has 0 aromatic carbocycles. The Balaban J connectivity index is 1.70. The van der Waals surface area contributed by atoms with Crippen molar-refractivity contribution in [2.75, 3.05) is 29.9 Å². The van der Waals surface area contributed by atoms with Crippen LogP contribution in [0.3, 0.4) is 0 Å². The van der Waals surface area contributed by atoms with Gasteiger partial charge in [-0.3, -0.25) is 9.79 Å². The minimum Gasteiger partial charge on any atom is -0.404 e. The minimum absolute atomic E-state index is 0.0181. The van der Waals surface area contributed by atoms with E-state index in [9.17, 15) is 23.1 Å². The van der Waals surface area contributed by atoms with Gasteiger partial charge in [-0.25, -0.2) is 15.0 Å². The fourth-order valence-corrected chi connectivity index (χ4v) is 3.48. The van der Waals surface area contributed by atoms with Gasteiger partial charge in [-0.1, -0.05) is 6.07 Å². The lowest BCUT2D eigenvalue weighted by Crippen LogP contribution is -2.33. The van der Waals surface area contributed by atoms with Gasteiger partial charge < -0.3 is 21.1 Å². The van der Waals surface area contributed by atoms with Gasteiger partial charge in [0, 0.05) is 43.1 Å². The lowest BCUT2D eigenvalue weighted by atomic mass is 9.90. The molecular weight excluding hydrogens is 451 g/mol. The maximum Gasteiger partial charge on any atom is 0.407 e. The molecular formula is C22H26F3N7O2. The van der Waals surface area contributed by atoms with E-state index in [1.165, 1.54) is 24.5 Å². The maximum absolute atomic E-state index is 12.7. The molecule has 0 saturated carbocycles. The molecule has 1 aliphatic rings. The van der Waals surface area contributed by atoms with E-state index in [4.69, 9.17) is 5.73 Å². The Bertz CT molecular complexity index is 1080. The van der Waals surface area contributed by atoms with Gasteiger partial charge in [0.05, 0.1) is 11.3 Å². The molecule has 1 atom stereocenters. The lowest BCUT2D eigenvalue weighted by Gasteiger charge is -2.25. The van der Waals surface area contributed by atoms with Crippen molar-refractivity contribution in [3.05, 3.63) is 48.2 Å². The highest BCUT2D eigenvalue weighted by Gasteiger charge is 2.34. The third-order valence-corrected chi connectivity index (χ3v) is 5.36. The Morgan fingerprint density at radius 1 is 1.32 bits per heavy atom. The summed E-state index contributed by atoms with van der Waals surface area (Å²) in [5.74, 6) is 0.408. The zero-order valence-electron chi connectivity index (χ0n) is 18.8. The van der Waals surface area contributed by atoms with E-state index in [2.05, 4.69) is 25.3 Å². The first-order valence-corrected chi connectivity index (χ1v) is 10.5. The summed E-state index contributed by atoms with van der Waals surface area (Å²) in [4.78, 5) is 30.6. The summed E-state index contributed by atoms with van der Waals surface area (Å²) in [6.07, 6.45) is -0.261. The van der Waals surface area contributed by atoms with Crippen LogP contribution in [0.2, 0.25) is 0 Å². The van der Waals surface area contributed by atoms with Crippen molar-refractivity contribution in [1.82, 2.24) is 15.0 Å². The van der Waals surface area contributed by atoms with Gasteiger partial charge in [-0.05, 0) is 32.4 Å². The van der Waals surface area contributed by atoms with Crippen molar-refractivity contribution in [2.24, 2.45) is 16.6 Å². The second kappa shape index (κ2) is 10.2. The number of amides is 1. The van der Waals surface area contributed by atoms with E-state index in [1.54, 1.807) is 19.9 Å². The van der Waals surface area contributed by atoms with Gasteiger partial charge in [0.2, 0.25) is 0 Å². The number of pyridine rings is 1. The number of anilines is 2. The van der Waals surface area contributed by atoms with Crippen molar-refractivity contribution >= 4 is 29.3 Å². The van der Waals surface area contributed by atoms with Crippen molar-refractivity contribution < 1.29 is 23.1 Å². The van der Waals surface area contributed by atoms with Crippen molar-refractivity contribution in [2.45, 2.75) is 32.0 Å². The number of alkyl halides is 3. The van der Waals surface area contributed by atoms with Crippen LogP contribution in [0.4, 0.5) is 24.8 Å². The number of aliphatic imine (C=N–C) groups is 1. The number of nitrogens with zero attached hydrogens (tertiary/aromatic N) is 5. The van der Waals surface area contributed by atoms with Gasteiger partial charge in [0.1, 0.15) is 30.2 Å². The highest BCUT2D eigenvalue weighted by Crippen LogP contribution is 2.30. The molecule has 0 spiro atoms. The van der Waals surface area contributed by atoms with E-state index in [-0.39, 0.29) is 28.7 Å². The largest absolute Gasteiger partial charge is 0.407 e. The summed E-state index contributed by atoms with van der Waals surface area (Å²) in [6.45, 7) is 3.55. The average molecular weight is 477 g/mol. The Kier molecular flexibility index (Phi) is 7.50. The fraction of sp³-hybridized carbons (Fsp3) is 0.409. The van der Waals surface area contributed by atoms with E-state index < -0.39 is 24.2 Å². The summed E-state index contributed by atoms with van der Waals surface area (Å²) in [7, 11) is 0. The van der Waals surface area contributed by atoms with E-state index in [0.29, 0.717) is 18.9 Å². The molecule has 2 aromatic rings. The van der Waals surface area contributed by atoms with Crippen LogP contribution in [-0.2, 0) is 0 Å².